The Hall–Kier alpha value is -2.83. The molecular weight excluding hydrogens is 509 g/mol. The molecule has 0 fully saturated rings. The van der Waals surface area contributed by atoms with E-state index in [1.54, 1.807) is 24.4 Å². The molecule has 0 aliphatic heterocycles. The molecule has 0 saturated heterocycles. The molecular formula is C25H27Cl2N3O4S. The summed E-state index contributed by atoms with van der Waals surface area (Å²) < 4.78 is 6.94. The Bertz CT molecular complexity index is 1320. The molecule has 0 radical (unpaired) electrons. The molecule has 35 heavy (non-hydrogen) atoms. The van der Waals surface area contributed by atoms with Crippen LogP contribution in [0.3, 0.4) is 0 Å². The number of fused-ring (bicyclic) bond motifs is 1. The van der Waals surface area contributed by atoms with Gasteiger partial charge in [0.05, 0.1) is 10.3 Å². The number of benzene rings is 1. The van der Waals surface area contributed by atoms with Crippen molar-refractivity contribution in [3.8, 4) is 11.8 Å². The minimum absolute atomic E-state index is 0. The van der Waals surface area contributed by atoms with Crippen LogP contribution in [0, 0.1) is 17.8 Å². The number of nitrogens with two attached hydrogens (primary N) is 1. The predicted octanol–water partition coefficient (Wildman–Crippen LogP) is 3.97. The zero-order valence-corrected chi connectivity index (χ0v) is 22.0. The number of pyridine rings is 1. The number of carbonyl (C=O) groups excluding carboxylic acids is 2. The van der Waals surface area contributed by atoms with Crippen molar-refractivity contribution in [2.75, 3.05) is 6.61 Å². The van der Waals surface area contributed by atoms with Gasteiger partial charge >= 0.3 is 5.97 Å². The molecule has 186 valence electrons. The number of nitrogens with one attached hydrogen (secondary N) is 1. The largest absolute Gasteiger partial charge is 0.451 e. The van der Waals surface area contributed by atoms with Gasteiger partial charge in [0.1, 0.15) is 16.4 Å². The Morgan fingerprint density at radius 2 is 1.94 bits per heavy atom. The summed E-state index contributed by atoms with van der Waals surface area (Å²) in [5.74, 6) is 4.73. The number of rotatable bonds is 7. The van der Waals surface area contributed by atoms with Crippen LogP contribution < -0.4 is 16.5 Å². The minimum Gasteiger partial charge on any atom is -0.451 e. The molecule has 1 unspecified atom stereocenters. The van der Waals surface area contributed by atoms with Crippen LogP contribution in [0.4, 0.5) is 0 Å². The summed E-state index contributed by atoms with van der Waals surface area (Å²) in [4.78, 5) is 39.0. The average Bonchev–Trinajstić information content (AvgIpc) is 3.25. The summed E-state index contributed by atoms with van der Waals surface area (Å²) in [5.41, 5.74) is 6.34. The van der Waals surface area contributed by atoms with Crippen LogP contribution in [-0.4, -0.2) is 29.1 Å². The van der Waals surface area contributed by atoms with E-state index < -0.39 is 17.9 Å². The summed E-state index contributed by atoms with van der Waals surface area (Å²) in [6.45, 7) is 6.37. The second-order valence-corrected chi connectivity index (χ2v) is 9.44. The second kappa shape index (κ2) is 12.8. The summed E-state index contributed by atoms with van der Waals surface area (Å²) in [6.07, 6.45) is 1.57. The number of nitrogens with zero attached hydrogens (tertiary/aromatic N) is 1. The average molecular weight is 536 g/mol. The van der Waals surface area contributed by atoms with Crippen molar-refractivity contribution < 1.29 is 14.3 Å². The number of hydrogen-bond acceptors (Lipinski definition) is 6. The van der Waals surface area contributed by atoms with Crippen molar-refractivity contribution in [3.63, 3.8) is 0 Å². The van der Waals surface area contributed by atoms with Crippen LogP contribution in [0.5, 0.6) is 0 Å². The number of aryl methyl sites for hydroxylation is 1. The molecule has 0 bridgehead atoms. The Kier molecular flexibility index (Phi) is 10.3. The van der Waals surface area contributed by atoms with Crippen molar-refractivity contribution in [2.45, 2.75) is 39.9 Å². The fourth-order valence-corrected chi connectivity index (χ4v) is 4.31. The molecule has 0 aliphatic rings. The second-order valence-electron chi connectivity index (χ2n) is 7.98. The SMILES string of the molecule is CCn1cc(C(=O)NCc2ccc(Cl)cc2)c(=O)c2cc(C#CCOC(=O)C(N)C(C)C)sc21.Cl. The molecule has 1 atom stereocenters. The van der Waals surface area contributed by atoms with Crippen molar-refractivity contribution in [1.29, 1.82) is 0 Å². The molecule has 3 aromatic rings. The number of hydrogen-bond donors (Lipinski definition) is 2. The first-order chi connectivity index (χ1) is 16.2. The standard InChI is InChI=1S/C25H26ClN3O4S.ClH/c1-4-29-14-20(23(31)28-13-16-7-9-17(26)10-8-16)22(30)19-12-18(34-24(19)29)6-5-11-33-25(32)21(27)15(2)3;/h7-10,12,14-15,21H,4,11,13,27H2,1-3H3,(H,28,31);1H. The Morgan fingerprint density at radius 1 is 1.26 bits per heavy atom. The van der Waals surface area contributed by atoms with E-state index in [0.717, 1.165) is 10.4 Å². The fraction of sp³-hybridized carbons (Fsp3) is 0.320. The van der Waals surface area contributed by atoms with Crippen molar-refractivity contribution in [3.05, 3.63) is 67.8 Å². The van der Waals surface area contributed by atoms with Crippen molar-refractivity contribution >= 4 is 57.4 Å². The van der Waals surface area contributed by atoms with E-state index in [1.807, 2.05) is 37.5 Å². The summed E-state index contributed by atoms with van der Waals surface area (Å²) in [7, 11) is 0. The van der Waals surface area contributed by atoms with Gasteiger partial charge in [-0.1, -0.05) is 49.4 Å². The van der Waals surface area contributed by atoms with Gasteiger partial charge in [-0.25, -0.2) is 0 Å². The van der Waals surface area contributed by atoms with E-state index in [1.165, 1.54) is 11.3 Å². The lowest BCUT2D eigenvalue weighted by Gasteiger charge is -2.12. The lowest BCUT2D eigenvalue weighted by molar-refractivity contribution is -0.144. The zero-order valence-electron chi connectivity index (χ0n) is 19.6. The number of halogens is 2. The van der Waals surface area contributed by atoms with Crippen LogP contribution >= 0.6 is 35.3 Å². The molecule has 1 amide bonds. The maximum Gasteiger partial charge on any atom is 0.324 e. The van der Waals surface area contributed by atoms with Gasteiger partial charge in [0.15, 0.2) is 6.61 Å². The van der Waals surface area contributed by atoms with Crippen LogP contribution in [0.2, 0.25) is 5.02 Å². The van der Waals surface area contributed by atoms with E-state index in [9.17, 15) is 14.4 Å². The molecule has 1 aromatic carbocycles. The highest BCUT2D eigenvalue weighted by atomic mass is 35.5. The first-order valence-electron chi connectivity index (χ1n) is 10.8. The Balaban J connectivity index is 0.00000432. The number of ether oxygens (including phenoxy) is 1. The lowest BCUT2D eigenvalue weighted by atomic mass is 10.1. The van der Waals surface area contributed by atoms with Gasteiger partial charge in [0.2, 0.25) is 5.43 Å². The minimum atomic E-state index is -0.693. The van der Waals surface area contributed by atoms with E-state index in [4.69, 9.17) is 22.1 Å². The summed E-state index contributed by atoms with van der Waals surface area (Å²) in [6, 6.07) is 8.09. The first-order valence-corrected chi connectivity index (χ1v) is 12.0. The first kappa shape index (κ1) is 28.4. The maximum absolute atomic E-state index is 13.0. The number of amides is 1. The highest BCUT2D eigenvalue weighted by Gasteiger charge is 2.19. The molecule has 0 spiro atoms. The molecule has 0 aliphatic carbocycles. The van der Waals surface area contributed by atoms with Gasteiger partial charge in [-0.05, 0) is 36.6 Å². The van der Waals surface area contributed by atoms with E-state index in [0.29, 0.717) is 21.8 Å². The van der Waals surface area contributed by atoms with Gasteiger partial charge in [0.25, 0.3) is 5.91 Å². The third-order valence-electron chi connectivity index (χ3n) is 5.19. The van der Waals surface area contributed by atoms with Crippen LogP contribution in [0.15, 0.2) is 41.3 Å². The molecule has 3 N–H and O–H groups in total. The van der Waals surface area contributed by atoms with Gasteiger partial charge in [0, 0.05) is 24.3 Å². The molecule has 2 aromatic heterocycles. The third kappa shape index (κ3) is 7.09. The Morgan fingerprint density at radius 3 is 2.57 bits per heavy atom. The van der Waals surface area contributed by atoms with E-state index in [-0.39, 0.29) is 42.5 Å². The quantitative estimate of drug-likeness (QED) is 0.352. The number of carbonyl (C=O) groups is 2. The molecule has 3 rings (SSSR count). The molecule has 10 heteroatoms. The van der Waals surface area contributed by atoms with Crippen LogP contribution in [0.25, 0.3) is 10.2 Å². The van der Waals surface area contributed by atoms with Gasteiger partial charge in [-0.3, -0.25) is 14.4 Å². The van der Waals surface area contributed by atoms with Gasteiger partial charge in [-0.2, -0.15) is 0 Å². The normalized spacial score (nSPS) is 11.4. The maximum atomic E-state index is 13.0. The zero-order chi connectivity index (χ0) is 24.8. The van der Waals surface area contributed by atoms with Crippen molar-refractivity contribution in [1.82, 2.24) is 9.88 Å². The highest BCUT2D eigenvalue weighted by Crippen LogP contribution is 2.23. The van der Waals surface area contributed by atoms with Gasteiger partial charge in [-0.15, -0.1) is 23.7 Å². The molecule has 2 heterocycles. The number of esters is 1. The van der Waals surface area contributed by atoms with E-state index in [2.05, 4.69) is 17.2 Å². The third-order valence-corrected chi connectivity index (χ3v) is 6.53. The van der Waals surface area contributed by atoms with Gasteiger partial charge < -0.3 is 20.4 Å². The van der Waals surface area contributed by atoms with Crippen LogP contribution in [0.1, 0.15) is 41.6 Å². The molecule has 0 saturated carbocycles. The number of aromatic nitrogens is 1. The van der Waals surface area contributed by atoms with Crippen LogP contribution in [-0.2, 0) is 22.6 Å². The number of thiophene rings is 1. The fourth-order valence-electron chi connectivity index (χ4n) is 3.11. The lowest BCUT2D eigenvalue weighted by Crippen LogP contribution is -2.37. The monoisotopic (exact) mass is 535 g/mol. The molecule has 7 nitrogen and oxygen atoms in total. The topological polar surface area (TPSA) is 103 Å². The summed E-state index contributed by atoms with van der Waals surface area (Å²) in [5, 5.41) is 3.83. The highest BCUT2D eigenvalue weighted by molar-refractivity contribution is 7.19. The summed E-state index contributed by atoms with van der Waals surface area (Å²) >= 11 is 7.24. The smallest absolute Gasteiger partial charge is 0.324 e. The Labute approximate surface area is 219 Å². The predicted molar refractivity (Wildman–Crippen MR) is 142 cm³/mol. The van der Waals surface area contributed by atoms with Crippen molar-refractivity contribution in [2.24, 2.45) is 11.7 Å². The van der Waals surface area contributed by atoms with E-state index >= 15 is 0 Å².